The Morgan fingerprint density at radius 1 is 1.26 bits per heavy atom. The zero-order valence-electron chi connectivity index (χ0n) is 19.2. The molecule has 1 atom stereocenters. The molecule has 0 saturated carbocycles. The quantitative estimate of drug-likeness (QED) is 0.332. The molecule has 0 saturated heterocycles. The van der Waals surface area contributed by atoms with Crippen LogP contribution in [0.4, 0.5) is 10.1 Å². The van der Waals surface area contributed by atoms with Crippen LogP contribution in [0.25, 0.3) is 0 Å². The molecule has 3 aromatic rings. The zero-order chi connectivity index (χ0) is 24.7. The third kappa shape index (κ3) is 6.02. The van der Waals surface area contributed by atoms with E-state index >= 15 is 0 Å². The fourth-order valence-corrected chi connectivity index (χ4v) is 4.00. The maximum Gasteiger partial charge on any atom is 0.254 e. The summed E-state index contributed by atoms with van der Waals surface area (Å²) < 4.78 is 21.0. The number of aryl methyl sites for hydroxylation is 1. The number of hydrogen-bond donors (Lipinski definition) is 2. The molecule has 2 aromatic carbocycles. The Kier molecular flexibility index (Phi) is 8.42. The number of halogens is 1. The van der Waals surface area contributed by atoms with E-state index < -0.39 is 17.8 Å². The first kappa shape index (κ1) is 25.0. The van der Waals surface area contributed by atoms with Gasteiger partial charge in [-0.3, -0.25) is 9.59 Å². The molecule has 2 amide bonds. The van der Waals surface area contributed by atoms with E-state index in [1.165, 1.54) is 30.0 Å². The van der Waals surface area contributed by atoms with Crippen LogP contribution in [0.3, 0.4) is 0 Å². The van der Waals surface area contributed by atoms with Crippen molar-refractivity contribution in [3.8, 4) is 5.75 Å². The first-order valence-electron chi connectivity index (χ1n) is 10.5. The number of benzene rings is 2. The van der Waals surface area contributed by atoms with Crippen molar-refractivity contribution < 1.29 is 18.7 Å². The van der Waals surface area contributed by atoms with Crippen LogP contribution < -0.4 is 15.4 Å². The topological polar surface area (TPSA) is 98.1 Å². The number of nitrogens with zero attached hydrogens (tertiary/aromatic N) is 3. The summed E-state index contributed by atoms with van der Waals surface area (Å²) in [5.74, 6) is -0.271. The van der Waals surface area contributed by atoms with E-state index in [4.69, 9.17) is 4.74 Å². The van der Waals surface area contributed by atoms with Gasteiger partial charge in [0, 0.05) is 6.54 Å². The monoisotopic (exact) mass is 483 g/mol. The molecular formula is C24H26FN5O3S. The summed E-state index contributed by atoms with van der Waals surface area (Å²) in [6, 6.07) is 10.7. The molecule has 178 valence electrons. The second-order valence-electron chi connectivity index (χ2n) is 7.46. The van der Waals surface area contributed by atoms with Crippen LogP contribution in [0.15, 0.2) is 60.3 Å². The second kappa shape index (κ2) is 11.5. The van der Waals surface area contributed by atoms with Gasteiger partial charge in [-0.2, -0.15) is 0 Å². The summed E-state index contributed by atoms with van der Waals surface area (Å²) in [4.78, 5) is 25.0. The number of hydrogen-bond acceptors (Lipinski definition) is 6. The van der Waals surface area contributed by atoms with Crippen molar-refractivity contribution in [2.75, 3.05) is 18.2 Å². The lowest BCUT2D eigenvalue weighted by atomic mass is 10.2. The molecule has 3 rings (SSSR count). The number of methoxy groups -OCH3 is 1. The molecule has 8 nitrogen and oxygen atoms in total. The zero-order valence-corrected chi connectivity index (χ0v) is 20.0. The van der Waals surface area contributed by atoms with Crippen LogP contribution in [-0.4, -0.2) is 39.4 Å². The summed E-state index contributed by atoms with van der Waals surface area (Å²) in [6.45, 7) is 7.79. The minimum atomic E-state index is -0.604. The summed E-state index contributed by atoms with van der Waals surface area (Å²) >= 11 is 1.20. The van der Waals surface area contributed by atoms with E-state index in [-0.39, 0.29) is 17.2 Å². The van der Waals surface area contributed by atoms with Gasteiger partial charge in [-0.15, -0.1) is 16.8 Å². The smallest absolute Gasteiger partial charge is 0.254 e. The lowest BCUT2D eigenvalue weighted by Crippen LogP contribution is -2.29. The molecule has 34 heavy (non-hydrogen) atoms. The summed E-state index contributed by atoms with van der Waals surface area (Å²) in [7, 11) is 1.54. The number of ether oxygens (including phenoxy) is 1. The Morgan fingerprint density at radius 2 is 2.03 bits per heavy atom. The Balaban J connectivity index is 1.69. The van der Waals surface area contributed by atoms with Crippen LogP contribution in [0.5, 0.6) is 5.75 Å². The number of nitrogens with one attached hydrogen (secondary N) is 2. The first-order valence-corrected chi connectivity index (χ1v) is 11.5. The Labute approximate surface area is 201 Å². The highest BCUT2D eigenvalue weighted by atomic mass is 32.2. The SMILES string of the molecule is C=CCn1c(SCC(=O)Nc2cc(C)ccc2OC)nnc1[C@H](C)NC(=O)c1ccccc1F. The van der Waals surface area contributed by atoms with Gasteiger partial charge in [-0.1, -0.05) is 36.0 Å². The van der Waals surface area contributed by atoms with Crippen molar-refractivity contribution in [2.45, 2.75) is 31.6 Å². The normalized spacial score (nSPS) is 11.5. The molecule has 0 radical (unpaired) electrons. The number of anilines is 1. The van der Waals surface area contributed by atoms with Crippen molar-refractivity contribution in [2.24, 2.45) is 0 Å². The number of carbonyl (C=O) groups is 2. The molecule has 0 fully saturated rings. The predicted molar refractivity (Wildman–Crippen MR) is 130 cm³/mol. The number of carbonyl (C=O) groups excluding carboxylic acids is 2. The largest absolute Gasteiger partial charge is 0.495 e. The van der Waals surface area contributed by atoms with E-state index in [1.54, 1.807) is 36.8 Å². The van der Waals surface area contributed by atoms with Gasteiger partial charge in [0.15, 0.2) is 11.0 Å². The summed E-state index contributed by atoms with van der Waals surface area (Å²) in [6.07, 6.45) is 1.67. The lowest BCUT2D eigenvalue weighted by Gasteiger charge is -2.15. The fraction of sp³-hybridized carbons (Fsp3) is 0.250. The highest BCUT2D eigenvalue weighted by Gasteiger charge is 2.21. The number of thioether (sulfide) groups is 1. The van der Waals surface area contributed by atoms with E-state index in [0.717, 1.165) is 5.56 Å². The molecule has 0 spiro atoms. The molecule has 1 heterocycles. The predicted octanol–water partition coefficient (Wildman–Crippen LogP) is 4.14. The van der Waals surface area contributed by atoms with E-state index in [2.05, 4.69) is 27.4 Å². The molecule has 0 aliphatic rings. The van der Waals surface area contributed by atoms with Gasteiger partial charge in [0.05, 0.1) is 30.2 Å². The summed E-state index contributed by atoms with van der Waals surface area (Å²) in [5.41, 5.74) is 1.53. The molecule has 0 bridgehead atoms. The third-order valence-corrected chi connectivity index (χ3v) is 5.84. The highest BCUT2D eigenvalue weighted by Crippen LogP contribution is 2.26. The molecule has 0 aliphatic carbocycles. The lowest BCUT2D eigenvalue weighted by molar-refractivity contribution is -0.113. The van der Waals surface area contributed by atoms with E-state index in [1.807, 2.05) is 19.1 Å². The van der Waals surface area contributed by atoms with Gasteiger partial charge in [0.2, 0.25) is 5.91 Å². The van der Waals surface area contributed by atoms with Gasteiger partial charge in [0.1, 0.15) is 11.6 Å². The Morgan fingerprint density at radius 3 is 2.74 bits per heavy atom. The summed E-state index contributed by atoms with van der Waals surface area (Å²) in [5, 5.41) is 14.5. The molecule has 2 N–H and O–H groups in total. The molecule has 10 heteroatoms. The number of aromatic nitrogens is 3. The number of allylic oxidation sites excluding steroid dienone is 1. The van der Waals surface area contributed by atoms with Crippen LogP contribution >= 0.6 is 11.8 Å². The third-order valence-electron chi connectivity index (χ3n) is 4.87. The maximum absolute atomic E-state index is 13.9. The second-order valence-corrected chi connectivity index (χ2v) is 8.40. The van der Waals surface area contributed by atoms with Crippen LogP contribution in [0.2, 0.25) is 0 Å². The van der Waals surface area contributed by atoms with Crippen molar-refractivity contribution in [1.82, 2.24) is 20.1 Å². The molecule has 0 aliphatic heterocycles. The highest BCUT2D eigenvalue weighted by molar-refractivity contribution is 7.99. The molecule has 0 unspecified atom stereocenters. The van der Waals surface area contributed by atoms with Crippen molar-refractivity contribution in [3.63, 3.8) is 0 Å². The number of rotatable bonds is 10. The van der Waals surface area contributed by atoms with Gasteiger partial charge >= 0.3 is 0 Å². The van der Waals surface area contributed by atoms with Crippen LogP contribution in [-0.2, 0) is 11.3 Å². The van der Waals surface area contributed by atoms with Crippen molar-refractivity contribution in [3.05, 3.63) is 77.9 Å². The minimum Gasteiger partial charge on any atom is -0.495 e. The van der Waals surface area contributed by atoms with Gasteiger partial charge in [0.25, 0.3) is 5.91 Å². The van der Waals surface area contributed by atoms with Crippen LogP contribution in [0.1, 0.15) is 34.7 Å². The minimum absolute atomic E-state index is 0.0537. The van der Waals surface area contributed by atoms with Gasteiger partial charge < -0.3 is 19.9 Å². The standard InChI is InChI=1S/C24H26FN5O3S/c1-5-12-30-22(16(3)26-23(32)17-8-6-7-9-18(17)25)28-29-24(30)34-14-21(31)27-19-13-15(2)10-11-20(19)33-4/h5-11,13,16H,1,12,14H2,2-4H3,(H,26,32)(H,27,31)/t16-/m0/s1. The maximum atomic E-state index is 13.9. The van der Waals surface area contributed by atoms with Gasteiger partial charge in [-0.25, -0.2) is 4.39 Å². The Bertz CT molecular complexity index is 1200. The number of amides is 2. The van der Waals surface area contributed by atoms with Crippen molar-refractivity contribution >= 4 is 29.3 Å². The van der Waals surface area contributed by atoms with E-state index in [0.29, 0.717) is 29.0 Å². The average Bonchev–Trinajstić information content (AvgIpc) is 3.21. The molecular weight excluding hydrogens is 457 g/mol. The van der Waals surface area contributed by atoms with Gasteiger partial charge in [-0.05, 0) is 43.7 Å². The average molecular weight is 484 g/mol. The van der Waals surface area contributed by atoms with E-state index in [9.17, 15) is 14.0 Å². The molecule has 1 aromatic heterocycles. The van der Waals surface area contributed by atoms with Crippen molar-refractivity contribution in [1.29, 1.82) is 0 Å². The first-order chi connectivity index (χ1) is 16.3. The van der Waals surface area contributed by atoms with Crippen LogP contribution in [0, 0.1) is 12.7 Å². The Hall–Kier alpha value is -3.66. The fourth-order valence-electron chi connectivity index (χ4n) is 3.25.